The third-order valence-electron chi connectivity index (χ3n) is 5.49. The lowest BCUT2D eigenvalue weighted by molar-refractivity contribution is -0.140. The summed E-state index contributed by atoms with van der Waals surface area (Å²) in [4.78, 5) is 13.8. The summed E-state index contributed by atoms with van der Waals surface area (Å²) in [5.41, 5.74) is 2.50. The molecule has 1 fully saturated rings. The van der Waals surface area contributed by atoms with E-state index in [1.54, 1.807) is 0 Å². The zero-order valence-electron chi connectivity index (χ0n) is 17.1. The van der Waals surface area contributed by atoms with Gasteiger partial charge in [0.1, 0.15) is 12.4 Å². The number of likely N-dealkylation sites (tertiary alicyclic amines) is 1. The van der Waals surface area contributed by atoms with Crippen molar-refractivity contribution < 1.29 is 14.3 Å². The van der Waals surface area contributed by atoms with Crippen molar-refractivity contribution in [1.29, 1.82) is 0 Å². The van der Waals surface area contributed by atoms with Gasteiger partial charge >= 0.3 is 5.97 Å². The largest absolute Gasteiger partial charge is 0.492 e. The van der Waals surface area contributed by atoms with E-state index in [4.69, 9.17) is 21.1 Å². The molecule has 156 valence electrons. The molecule has 1 saturated heterocycles. The average Bonchev–Trinajstić information content (AvgIpc) is 2.75. The molecule has 1 heterocycles. The standard InChI is InChI=1S/C24H30ClNO3/c1-28-24(27)6-4-16-26-15-3-2-5-22(26)18-29-23-13-9-20(10-14-23)17-19-7-11-21(25)12-8-19/h7-14,22H,2-6,15-18H2,1H3. The second-order valence-electron chi connectivity index (χ2n) is 7.62. The number of carbonyl (C=O) groups is 1. The molecule has 5 heteroatoms. The van der Waals surface area contributed by atoms with Gasteiger partial charge in [0.05, 0.1) is 7.11 Å². The van der Waals surface area contributed by atoms with Gasteiger partial charge in [-0.05, 0) is 74.2 Å². The summed E-state index contributed by atoms with van der Waals surface area (Å²) in [6.07, 6.45) is 5.80. The first kappa shape index (κ1) is 21.7. The van der Waals surface area contributed by atoms with Gasteiger partial charge < -0.3 is 9.47 Å². The monoisotopic (exact) mass is 415 g/mol. The van der Waals surface area contributed by atoms with Gasteiger partial charge in [0, 0.05) is 17.5 Å². The number of hydrogen-bond acceptors (Lipinski definition) is 4. The molecule has 3 rings (SSSR count). The maximum atomic E-state index is 11.3. The van der Waals surface area contributed by atoms with Gasteiger partial charge in [-0.1, -0.05) is 42.3 Å². The van der Waals surface area contributed by atoms with Crippen LogP contribution in [0.15, 0.2) is 48.5 Å². The third-order valence-corrected chi connectivity index (χ3v) is 5.74. The van der Waals surface area contributed by atoms with Crippen molar-refractivity contribution in [2.24, 2.45) is 0 Å². The first-order valence-corrected chi connectivity index (χ1v) is 10.8. The molecule has 0 bridgehead atoms. The van der Waals surface area contributed by atoms with Crippen LogP contribution in [0.4, 0.5) is 0 Å². The zero-order chi connectivity index (χ0) is 20.5. The molecule has 0 aliphatic carbocycles. The smallest absolute Gasteiger partial charge is 0.305 e. The summed E-state index contributed by atoms with van der Waals surface area (Å²) >= 11 is 5.95. The van der Waals surface area contributed by atoms with Crippen molar-refractivity contribution in [2.45, 2.75) is 44.6 Å². The van der Waals surface area contributed by atoms with E-state index in [0.29, 0.717) is 19.1 Å². The van der Waals surface area contributed by atoms with Crippen LogP contribution in [0.1, 0.15) is 43.2 Å². The Bertz CT molecular complexity index is 761. The highest BCUT2D eigenvalue weighted by molar-refractivity contribution is 6.30. The van der Waals surface area contributed by atoms with Crippen LogP contribution in [-0.2, 0) is 16.0 Å². The van der Waals surface area contributed by atoms with Gasteiger partial charge in [0.2, 0.25) is 0 Å². The molecule has 0 aromatic heterocycles. The van der Waals surface area contributed by atoms with Crippen LogP contribution in [0.3, 0.4) is 0 Å². The molecule has 2 aromatic carbocycles. The fraction of sp³-hybridized carbons (Fsp3) is 0.458. The second-order valence-corrected chi connectivity index (χ2v) is 8.06. The van der Waals surface area contributed by atoms with E-state index in [9.17, 15) is 4.79 Å². The Morgan fingerprint density at radius 2 is 1.76 bits per heavy atom. The topological polar surface area (TPSA) is 38.8 Å². The van der Waals surface area contributed by atoms with Crippen LogP contribution in [0.25, 0.3) is 0 Å². The number of benzene rings is 2. The quantitative estimate of drug-likeness (QED) is 0.533. The Morgan fingerprint density at radius 3 is 2.45 bits per heavy atom. The lowest BCUT2D eigenvalue weighted by Gasteiger charge is -2.35. The molecule has 1 unspecified atom stereocenters. The normalized spacial score (nSPS) is 17.1. The lowest BCUT2D eigenvalue weighted by atomic mass is 10.0. The second kappa shape index (κ2) is 11.2. The highest BCUT2D eigenvalue weighted by atomic mass is 35.5. The van der Waals surface area contributed by atoms with Crippen molar-refractivity contribution in [1.82, 2.24) is 4.90 Å². The number of halogens is 1. The molecule has 1 aliphatic rings. The average molecular weight is 416 g/mol. The molecule has 2 aromatic rings. The summed E-state index contributed by atoms with van der Waals surface area (Å²) in [7, 11) is 1.45. The Morgan fingerprint density at radius 1 is 1.07 bits per heavy atom. The number of nitrogens with zero attached hydrogens (tertiary/aromatic N) is 1. The molecule has 1 aliphatic heterocycles. The number of ether oxygens (including phenoxy) is 2. The van der Waals surface area contributed by atoms with E-state index in [0.717, 1.165) is 43.1 Å². The minimum atomic E-state index is -0.131. The lowest BCUT2D eigenvalue weighted by Crippen LogP contribution is -2.43. The molecule has 0 radical (unpaired) electrons. The number of methoxy groups -OCH3 is 1. The molecule has 0 N–H and O–H groups in total. The molecular weight excluding hydrogens is 386 g/mol. The van der Waals surface area contributed by atoms with Crippen molar-refractivity contribution in [3.63, 3.8) is 0 Å². The van der Waals surface area contributed by atoms with Crippen molar-refractivity contribution >= 4 is 17.6 Å². The summed E-state index contributed by atoms with van der Waals surface area (Å²) in [5.74, 6) is 0.776. The molecular formula is C24H30ClNO3. The number of esters is 1. The van der Waals surface area contributed by atoms with Crippen LogP contribution in [-0.4, -0.2) is 43.7 Å². The van der Waals surface area contributed by atoms with Gasteiger partial charge in [-0.2, -0.15) is 0 Å². The Kier molecular flexibility index (Phi) is 8.38. The molecule has 0 saturated carbocycles. The maximum Gasteiger partial charge on any atom is 0.305 e. The van der Waals surface area contributed by atoms with Crippen LogP contribution in [0.5, 0.6) is 5.75 Å². The molecule has 0 spiro atoms. The van der Waals surface area contributed by atoms with E-state index in [-0.39, 0.29) is 5.97 Å². The van der Waals surface area contributed by atoms with Gasteiger partial charge in [0.15, 0.2) is 0 Å². The SMILES string of the molecule is COC(=O)CCCN1CCCCC1COc1ccc(Cc2ccc(Cl)cc2)cc1. The maximum absolute atomic E-state index is 11.3. The van der Waals surface area contributed by atoms with Gasteiger partial charge in [-0.15, -0.1) is 0 Å². The van der Waals surface area contributed by atoms with Crippen molar-refractivity contribution in [2.75, 3.05) is 26.8 Å². The fourth-order valence-corrected chi connectivity index (χ4v) is 3.93. The first-order valence-electron chi connectivity index (χ1n) is 10.4. The molecule has 4 nitrogen and oxygen atoms in total. The van der Waals surface area contributed by atoms with E-state index >= 15 is 0 Å². The van der Waals surface area contributed by atoms with Crippen LogP contribution in [0, 0.1) is 0 Å². The minimum Gasteiger partial charge on any atom is -0.492 e. The minimum absolute atomic E-state index is 0.131. The van der Waals surface area contributed by atoms with E-state index < -0.39 is 0 Å². The summed E-state index contributed by atoms with van der Waals surface area (Å²) in [6.45, 7) is 2.69. The summed E-state index contributed by atoms with van der Waals surface area (Å²) < 4.78 is 10.8. The number of hydrogen-bond donors (Lipinski definition) is 0. The zero-order valence-corrected chi connectivity index (χ0v) is 17.9. The molecule has 0 amide bonds. The number of piperidine rings is 1. The van der Waals surface area contributed by atoms with Gasteiger partial charge in [-0.25, -0.2) is 0 Å². The fourth-order valence-electron chi connectivity index (χ4n) is 3.81. The highest BCUT2D eigenvalue weighted by Crippen LogP contribution is 2.21. The molecule has 1 atom stereocenters. The van der Waals surface area contributed by atoms with Crippen molar-refractivity contribution in [3.8, 4) is 5.75 Å². The van der Waals surface area contributed by atoms with E-state index in [1.807, 2.05) is 12.1 Å². The van der Waals surface area contributed by atoms with Crippen LogP contribution >= 0.6 is 11.6 Å². The Hall–Kier alpha value is -2.04. The Labute approximate surface area is 178 Å². The third kappa shape index (κ3) is 7.06. The van der Waals surface area contributed by atoms with Crippen molar-refractivity contribution in [3.05, 3.63) is 64.7 Å². The number of carbonyl (C=O) groups excluding carboxylic acids is 1. The summed E-state index contributed by atoms with van der Waals surface area (Å²) in [5, 5.41) is 0.763. The van der Waals surface area contributed by atoms with Crippen LogP contribution in [0.2, 0.25) is 5.02 Å². The van der Waals surface area contributed by atoms with E-state index in [1.165, 1.54) is 31.1 Å². The number of rotatable bonds is 9. The van der Waals surface area contributed by atoms with Crippen LogP contribution < -0.4 is 4.74 Å². The summed E-state index contributed by atoms with van der Waals surface area (Å²) in [6, 6.07) is 16.7. The predicted molar refractivity (Wildman–Crippen MR) is 117 cm³/mol. The van der Waals surface area contributed by atoms with E-state index in [2.05, 4.69) is 41.3 Å². The first-order chi connectivity index (χ1) is 14.1. The molecule has 29 heavy (non-hydrogen) atoms. The predicted octanol–water partition coefficient (Wildman–Crippen LogP) is 5.12. The van der Waals surface area contributed by atoms with Gasteiger partial charge in [0.25, 0.3) is 0 Å². The Balaban J connectivity index is 1.47. The highest BCUT2D eigenvalue weighted by Gasteiger charge is 2.22. The van der Waals surface area contributed by atoms with Gasteiger partial charge in [-0.3, -0.25) is 9.69 Å².